The molecule has 0 aliphatic carbocycles. The number of carbonyl (C=O) groups excluding carboxylic acids is 2. The average Bonchev–Trinajstić information content (AvgIpc) is 2.58. The van der Waals surface area contributed by atoms with E-state index in [0.717, 1.165) is 12.0 Å². The number of ether oxygens (including phenoxy) is 1. The summed E-state index contributed by atoms with van der Waals surface area (Å²) < 4.78 is 4.89. The predicted molar refractivity (Wildman–Crippen MR) is 92.8 cm³/mol. The molecule has 1 aromatic carbocycles. The van der Waals surface area contributed by atoms with Gasteiger partial charge in [-0.3, -0.25) is 4.79 Å². The third-order valence-electron chi connectivity index (χ3n) is 3.93. The zero-order valence-electron chi connectivity index (χ0n) is 14.6. The van der Waals surface area contributed by atoms with Crippen LogP contribution in [-0.4, -0.2) is 24.0 Å². The van der Waals surface area contributed by atoms with Crippen molar-refractivity contribution in [3.8, 4) is 6.07 Å². The van der Waals surface area contributed by atoms with E-state index in [0.29, 0.717) is 0 Å². The van der Waals surface area contributed by atoms with Gasteiger partial charge in [-0.25, -0.2) is 4.79 Å². The maximum atomic E-state index is 11.8. The molecule has 1 amide bonds. The second-order valence-corrected chi connectivity index (χ2v) is 6.05. The van der Waals surface area contributed by atoms with Gasteiger partial charge >= 0.3 is 5.97 Å². The van der Waals surface area contributed by atoms with E-state index in [9.17, 15) is 9.59 Å². The molecule has 1 unspecified atom stereocenters. The average molecular weight is 328 g/mol. The van der Waals surface area contributed by atoms with E-state index >= 15 is 0 Å². The van der Waals surface area contributed by atoms with E-state index in [1.165, 1.54) is 11.6 Å². The summed E-state index contributed by atoms with van der Waals surface area (Å²) in [6, 6.07) is 9.88. The van der Waals surface area contributed by atoms with Crippen LogP contribution in [0, 0.1) is 17.2 Å². The topological polar surface area (TPSA) is 79.2 Å². The van der Waals surface area contributed by atoms with Gasteiger partial charge in [0.1, 0.15) is 5.54 Å². The first-order chi connectivity index (χ1) is 11.3. The minimum atomic E-state index is -0.986. The van der Waals surface area contributed by atoms with Crippen LogP contribution in [0.25, 0.3) is 6.08 Å². The first-order valence-corrected chi connectivity index (χ1v) is 7.96. The number of nitrogens with zero attached hydrogens (tertiary/aromatic N) is 1. The Labute approximate surface area is 143 Å². The molecule has 0 bridgehead atoms. The Hall–Kier alpha value is -2.61. The molecule has 0 aliphatic rings. The summed E-state index contributed by atoms with van der Waals surface area (Å²) in [4.78, 5) is 23.5. The highest BCUT2D eigenvalue weighted by molar-refractivity contribution is 5.89. The summed E-state index contributed by atoms with van der Waals surface area (Å²) in [6.07, 6.45) is 3.87. The Balaban J connectivity index is 2.49. The molecule has 0 saturated carbocycles. The number of nitriles is 1. The van der Waals surface area contributed by atoms with Crippen molar-refractivity contribution in [2.24, 2.45) is 5.92 Å². The highest BCUT2D eigenvalue weighted by Gasteiger charge is 2.30. The zero-order valence-corrected chi connectivity index (χ0v) is 14.6. The molecule has 5 nitrogen and oxygen atoms in total. The monoisotopic (exact) mass is 328 g/mol. The molecule has 5 heteroatoms. The van der Waals surface area contributed by atoms with Crippen molar-refractivity contribution in [2.45, 2.75) is 39.7 Å². The molecule has 0 fully saturated rings. The van der Waals surface area contributed by atoms with Gasteiger partial charge in [-0.05, 0) is 36.5 Å². The van der Waals surface area contributed by atoms with Gasteiger partial charge in [0, 0.05) is 6.08 Å². The number of hydrogen-bond donors (Lipinski definition) is 1. The van der Waals surface area contributed by atoms with E-state index in [2.05, 4.69) is 18.3 Å². The normalized spacial score (nSPS) is 13.3. The fraction of sp³-hybridized carbons (Fsp3) is 0.421. The molecule has 128 valence electrons. The largest absolute Gasteiger partial charge is 0.452 e. The van der Waals surface area contributed by atoms with Gasteiger partial charge in [0.15, 0.2) is 6.61 Å². The van der Waals surface area contributed by atoms with Crippen LogP contribution in [0.15, 0.2) is 30.3 Å². The van der Waals surface area contributed by atoms with Crippen LogP contribution >= 0.6 is 0 Å². The van der Waals surface area contributed by atoms with Gasteiger partial charge in [-0.15, -0.1) is 0 Å². The molecular weight excluding hydrogens is 304 g/mol. The van der Waals surface area contributed by atoms with Crippen LogP contribution in [0.2, 0.25) is 0 Å². The first kappa shape index (κ1) is 19.4. The molecule has 24 heavy (non-hydrogen) atoms. The van der Waals surface area contributed by atoms with E-state index in [-0.39, 0.29) is 5.92 Å². The van der Waals surface area contributed by atoms with Crippen molar-refractivity contribution in [1.82, 2.24) is 5.32 Å². The predicted octanol–water partition coefficient (Wildman–Crippen LogP) is 2.86. The van der Waals surface area contributed by atoms with Crippen molar-refractivity contribution in [3.05, 3.63) is 41.5 Å². The van der Waals surface area contributed by atoms with Gasteiger partial charge in [0.25, 0.3) is 5.91 Å². The van der Waals surface area contributed by atoms with Gasteiger partial charge in [0.2, 0.25) is 0 Å². The molecule has 0 aromatic heterocycles. The Morgan fingerprint density at radius 1 is 1.33 bits per heavy atom. The number of amides is 1. The Morgan fingerprint density at radius 3 is 2.46 bits per heavy atom. The smallest absolute Gasteiger partial charge is 0.331 e. The van der Waals surface area contributed by atoms with Crippen molar-refractivity contribution >= 4 is 18.0 Å². The summed E-state index contributed by atoms with van der Waals surface area (Å²) in [5, 5.41) is 11.7. The standard InChI is InChI=1S/C19H24N2O3/c1-5-15-6-8-16(9-7-15)10-11-18(23)24-12-17(22)21-19(4,13-20)14(2)3/h6-11,14H,5,12H2,1-4H3,(H,21,22). The fourth-order valence-electron chi connectivity index (χ4n) is 1.84. The molecular formula is C19H24N2O3. The van der Waals surface area contributed by atoms with Crippen LogP contribution in [0.5, 0.6) is 0 Å². The maximum Gasteiger partial charge on any atom is 0.331 e. The summed E-state index contributed by atoms with van der Waals surface area (Å²) in [5.74, 6) is -1.16. The lowest BCUT2D eigenvalue weighted by molar-refractivity contribution is -0.144. The number of carbonyl (C=O) groups is 2. The van der Waals surface area contributed by atoms with Crippen LogP contribution < -0.4 is 5.32 Å². The summed E-state index contributed by atoms with van der Waals surface area (Å²) in [6.45, 7) is 6.97. The quantitative estimate of drug-likeness (QED) is 0.616. The van der Waals surface area contributed by atoms with E-state index in [4.69, 9.17) is 10.00 Å². The molecule has 0 heterocycles. The van der Waals surface area contributed by atoms with Gasteiger partial charge in [-0.2, -0.15) is 5.26 Å². The summed E-state index contributed by atoms with van der Waals surface area (Å²) in [5.41, 5.74) is 1.11. The molecule has 1 rings (SSSR count). The van der Waals surface area contributed by atoms with Crippen LogP contribution in [0.3, 0.4) is 0 Å². The van der Waals surface area contributed by atoms with Crippen molar-refractivity contribution in [3.63, 3.8) is 0 Å². The molecule has 0 aliphatic heterocycles. The van der Waals surface area contributed by atoms with Gasteiger partial charge in [0.05, 0.1) is 6.07 Å². The third kappa shape index (κ3) is 5.88. The lowest BCUT2D eigenvalue weighted by atomic mass is 9.90. The second-order valence-electron chi connectivity index (χ2n) is 6.05. The van der Waals surface area contributed by atoms with Crippen molar-refractivity contribution < 1.29 is 14.3 Å². The zero-order chi connectivity index (χ0) is 18.2. The van der Waals surface area contributed by atoms with E-state index < -0.39 is 24.0 Å². The number of rotatable bonds is 7. The van der Waals surface area contributed by atoms with Gasteiger partial charge < -0.3 is 10.1 Å². The number of aryl methyl sites for hydroxylation is 1. The second kappa shape index (κ2) is 8.88. The number of nitrogens with one attached hydrogen (secondary N) is 1. The van der Waals surface area contributed by atoms with E-state index in [1.807, 2.05) is 38.1 Å². The van der Waals surface area contributed by atoms with Crippen molar-refractivity contribution in [1.29, 1.82) is 5.26 Å². The lowest BCUT2D eigenvalue weighted by Gasteiger charge is -2.27. The van der Waals surface area contributed by atoms with Crippen LogP contribution in [-0.2, 0) is 20.7 Å². The Morgan fingerprint density at radius 2 is 1.96 bits per heavy atom. The summed E-state index contributed by atoms with van der Waals surface area (Å²) >= 11 is 0. The minimum absolute atomic E-state index is 0.0619. The van der Waals surface area contributed by atoms with E-state index in [1.54, 1.807) is 13.0 Å². The minimum Gasteiger partial charge on any atom is -0.452 e. The highest BCUT2D eigenvalue weighted by atomic mass is 16.5. The Bertz CT molecular complexity index is 642. The molecule has 1 N–H and O–H groups in total. The van der Waals surface area contributed by atoms with Gasteiger partial charge in [-0.1, -0.05) is 45.0 Å². The molecule has 0 radical (unpaired) electrons. The maximum absolute atomic E-state index is 11.8. The van der Waals surface area contributed by atoms with Crippen molar-refractivity contribution in [2.75, 3.05) is 6.61 Å². The molecule has 0 spiro atoms. The Kier molecular flexibility index (Phi) is 7.19. The lowest BCUT2D eigenvalue weighted by Crippen LogP contribution is -2.50. The number of hydrogen-bond acceptors (Lipinski definition) is 4. The fourth-order valence-corrected chi connectivity index (χ4v) is 1.84. The molecule has 0 saturated heterocycles. The molecule has 1 aromatic rings. The highest BCUT2D eigenvalue weighted by Crippen LogP contribution is 2.14. The first-order valence-electron chi connectivity index (χ1n) is 7.96. The third-order valence-corrected chi connectivity index (χ3v) is 3.93. The molecule has 1 atom stereocenters. The van der Waals surface area contributed by atoms with Crippen LogP contribution in [0.4, 0.5) is 0 Å². The van der Waals surface area contributed by atoms with Crippen LogP contribution in [0.1, 0.15) is 38.8 Å². The summed E-state index contributed by atoms with van der Waals surface area (Å²) in [7, 11) is 0. The number of benzene rings is 1. The SMILES string of the molecule is CCc1ccc(C=CC(=O)OCC(=O)NC(C)(C#N)C(C)C)cc1. The number of esters is 1.